The predicted molar refractivity (Wildman–Crippen MR) is 92.9 cm³/mol. The number of rotatable bonds is 6. The van der Waals surface area contributed by atoms with Gasteiger partial charge in [0.05, 0.1) is 37.5 Å². The number of benzene rings is 2. The Hall–Kier alpha value is -2.74. The van der Waals surface area contributed by atoms with Crippen LogP contribution in [0.25, 0.3) is 0 Å². The lowest BCUT2D eigenvalue weighted by atomic mass is 10.1. The summed E-state index contributed by atoms with van der Waals surface area (Å²) in [6, 6.07) is 8.98. The highest BCUT2D eigenvalue weighted by Crippen LogP contribution is 2.31. The molecule has 1 N–H and O–H groups in total. The summed E-state index contributed by atoms with van der Waals surface area (Å²) in [6.07, 6.45) is 0. The van der Waals surface area contributed by atoms with Crippen molar-refractivity contribution in [3.63, 3.8) is 0 Å². The van der Waals surface area contributed by atoms with Gasteiger partial charge in [-0.1, -0.05) is 6.07 Å². The van der Waals surface area contributed by atoms with Gasteiger partial charge in [0.2, 0.25) is 0 Å². The molecule has 0 atom stereocenters. The Labute approximate surface area is 146 Å². The van der Waals surface area contributed by atoms with Gasteiger partial charge in [0, 0.05) is 6.07 Å². The standard InChI is InChI=1S/C17H19NO6S/c1-11-5-7-13(10-14(11)17(19)24-4)25(20,21)18-15-9-12(22-2)6-8-16(15)23-3/h5-10,18H,1-4H3. The van der Waals surface area contributed by atoms with Crippen LogP contribution in [-0.2, 0) is 14.8 Å². The maximum Gasteiger partial charge on any atom is 0.338 e. The second-order valence-electron chi connectivity index (χ2n) is 5.14. The molecule has 0 aliphatic heterocycles. The van der Waals surface area contributed by atoms with Gasteiger partial charge >= 0.3 is 5.97 Å². The smallest absolute Gasteiger partial charge is 0.338 e. The molecule has 7 nitrogen and oxygen atoms in total. The minimum Gasteiger partial charge on any atom is -0.497 e. The summed E-state index contributed by atoms with van der Waals surface area (Å²) in [5.41, 5.74) is 1.02. The molecule has 0 aromatic heterocycles. The van der Waals surface area contributed by atoms with E-state index in [4.69, 9.17) is 9.47 Å². The summed E-state index contributed by atoms with van der Waals surface area (Å²) in [6.45, 7) is 1.70. The molecule has 0 amide bonds. The van der Waals surface area contributed by atoms with E-state index in [1.54, 1.807) is 25.1 Å². The van der Waals surface area contributed by atoms with Crippen molar-refractivity contribution in [2.24, 2.45) is 0 Å². The van der Waals surface area contributed by atoms with E-state index >= 15 is 0 Å². The summed E-state index contributed by atoms with van der Waals surface area (Å²) in [7, 11) is 0.199. The summed E-state index contributed by atoms with van der Waals surface area (Å²) >= 11 is 0. The van der Waals surface area contributed by atoms with Gasteiger partial charge in [-0.05, 0) is 36.8 Å². The van der Waals surface area contributed by atoms with Crippen LogP contribution in [0.2, 0.25) is 0 Å². The topological polar surface area (TPSA) is 90.9 Å². The van der Waals surface area contributed by atoms with Gasteiger partial charge in [-0.2, -0.15) is 0 Å². The monoisotopic (exact) mass is 365 g/mol. The van der Waals surface area contributed by atoms with Crippen molar-refractivity contribution in [3.8, 4) is 11.5 Å². The van der Waals surface area contributed by atoms with Crippen LogP contribution in [-0.4, -0.2) is 35.7 Å². The molecule has 0 radical (unpaired) electrons. The largest absolute Gasteiger partial charge is 0.497 e. The lowest BCUT2D eigenvalue weighted by molar-refractivity contribution is 0.0599. The molecule has 134 valence electrons. The molecule has 2 aromatic rings. The zero-order chi connectivity index (χ0) is 18.6. The molecule has 0 fully saturated rings. The third kappa shape index (κ3) is 4.03. The Morgan fingerprint density at radius 3 is 2.32 bits per heavy atom. The van der Waals surface area contributed by atoms with Gasteiger partial charge in [-0.15, -0.1) is 0 Å². The Morgan fingerprint density at radius 2 is 1.72 bits per heavy atom. The highest BCUT2D eigenvalue weighted by Gasteiger charge is 2.20. The molecular weight excluding hydrogens is 346 g/mol. The van der Waals surface area contributed by atoms with E-state index in [-0.39, 0.29) is 16.1 Å². The van der Waals surface area contributed by atoms with Gasteiger partial charge in [-0.3, -0.25) is 4.72 Å². The molecule has 8 heteroatoms. The minimum atomic E-state index is -3.95. The van der Waals surface area contributed by atoms with E-state index in [2.05, 4.69) is 9.46 Å². The molecule has 2 aromatic carbocycles. The molecular formula is C17H19NO6S. The van der Waals surface area contributed by atoms with Crippen molar-refractivity contribution in [2.45, 2.75) is 11.8 Å². The summed E-state index contributed by atoms with van der Waals surface area (Å²) in [4.78, 5) is 11.7. The average molecular weight is 365 g/mol. The molecule has 0 heterocycles. The second kappa shape index (κ2) is 7.43. The fraction of sp³-hybridized carbons (Fsp3) is 0.235. The van der Waals surface area contributed by atoms with Crippen LogP contribution in [0.15, 0.2) is 41.3 Å². The number of nitrogens with one attached hydrogen (secondary N) is 1. The lowest BCUT2D eigenvalue weighted by Gasteiger charge is -2.14. The number of methoxy groups -OCH3 is 3. The van der Waals surface area contributed by atoms with Gasteiger partial charge in [0.15, 0.2) is 0 Å². The number of esters is 1. The fourth-order valence-electron chi connectivity index (χ4n) is 2.20. The Bertz CT molecular complexity index is 892. The first-order chi connectivity index (χ1) is 11.8. The highest BCUT2D eigenvalue weighted by atomic mass is 32.2. The molecule has 0 saturated heterocycles. The highest BCUT2D eigenvalue weighted by molar-refractivity contribution is 7.92. The Morgan fingerprint density at radius 1 is 1.00 bits per heavy atom. The summed E-state index contributed by atoms with van der Waals surface area (Å²) < 4.78 is 42.8. The van der Waals surface area contributed by atoms with Crippen LogP contribution in [0.3, 0.4) is 0 Å². The second-order valence-corrected chi connectivity index (χ2v) is 6.82. The van der Waals surface area contributed by atoms with E-state index in [0.29, 0.717) is 17.1 Å². The van der Waals surface area contributed by atoms with Gasteiger partial charge in [0.25, 0.3) is 10.0 Å². The van der Waals surface area contributed by atoms with E-state index in [9.17, 15) is 13.2 Å². The normalized spacial score (nSPS) is 10.9. The van der Waals surface area contributed by atoms with E-state index in [1.807, 2.05) is 0 Å². The maximum absolute atomic E-state index is 12.7. The van der Waals surface area contributed by atoms with E-state index in [0.717, 1.165) is 0 Å². The van der Waals surface area contributed by atoms with Crippen molar-refractivity contribution < 1.29 is 27.4 Å². The number of aryl methyl sites for hydroxylation is 1. The average Bonchev–Trinajstić information content (AvgIpc) is 2.60. The van der Waals surface area contributed by atoms with Crippen molar-refractivity contribution in [3.05, 3.63) is 47.5 Å². The molecule has 0 unspecified atom stereocenters. The lowest BCUT2D eigenvalue weighted by Crippen LogP contribution is -2.15. The minimum absolute atomic E-state index is 0.0663. The number of sulfonamides is 1. The first kappa shape index (κ1) is 18.6. The van der Waals surface area contributed by atoms with Crippen molar-refractivity contribution in [1.82, 2.24) is 0 Å². The van der Waals surface area contributed by atoms with Gasteiger partial charge < -0.3 is 14.2 Å². The van der Waals surface area contributed by atoms with Crippen LogP contribution in [0.1, 0.15) is 15.9 Å². The number of ether oxygens (including phenoxy) is 3. The molecule has 0 saturated carbocycles. The van der Waals surface area contributed by atoms with Gasteiger partial charge in [-0.25, -0.2) is 13.2 Å². The van der Waals surface area contributed by atoms with Crippen molar-refractivity contribution in [2.75, 3.05) is 26.1 Å². The van der Waals surface area contributed by atoms with Crippen LogP contribution >= 0.6 is 0 Å². The number of hydrogen-bond donors (Lipinski definition) is 1. The number of carbonyl (C=O) groups is 1. The first-order valence-corrected chi connectivity index (χ1v) is 8.74. The number of carbonyl (C=O) groups excluding carboxylic acids is 1. The molecule has 25 heavy (non-hydrogen) atoms. The third-order valence-electron chi connectivity index (χ3n) is 3.58. The number of anilines is 1. The maximum atomic E-state index is 12.7. The zero-order valence-electron chi connectivity index (χ0n) is 14.3. The van der Waals surface area contributed by atoms with Gasteiger partial charge in [0.1, 0.15) is 11.5 Å². The van der Waals surface area contributed by atoms with Crippen LogP contribution in [0, 0.1) is 6.92 Å². The van der Waals surface area contributed by atoms with Crippen molar-refractivity contribution >= 4 is 21.7 Å². The molecule has 0 spiro atoms. The van der Waals surface area contributed by atoms with Crippen LogP contribution in [0.4, 0.5) is 5.69 Å². The molecule has 0 bridgehead atoms. The molecule has 0 aliphatic rings. The number of hydrogen-bond acceptors (Lipinski definition) is 6. The van der Waals surface area contributed by atoms with Crippen molar-refractivity contribution in [1.29, 1.82) is 0 Å². The first-order valence-electron chi connectivity index (χ1n) is 7.26. The molecule has 0 aliphatic carbocycles. The van der Waals surface area contributed by atoms with Crippen LogP contribution < -0.4 is 14.2 Å². The SMILES string of the molecule is COC(=O)c1cc(S(=O)(=O)Nc2cc(OC)ccc2OC)ccc1C. The Kier molecular flexibility index (Phi) is 5.53. The summed E-state index contributed by atoms with van der Waals surface area (Å²) in [5.74, 6) is 0.204. The van der Waals surface area contributed by atoms with E-state index < -0.39 is 16.0 Å². The fourth-order valence-corrected chi connectivity index (χ4v) is 3.28. The quantitative estimate of drug-likeness (QED) is 0.791. The predicted octanol–water partition coefficient (Wildman–Crippen LogP) is 2.60. The van der Waals surface area contributed by atoms with Crippen LogP contribution in [0.5, 0.6) is 11.5 Å². The zero-order valence-corrected chi connectivity index (χ0v) is 15.1. The third-order valence-corrected chi connectivity index (χ3v) is 4.94. The molecule has 2 rings (SSSR count). The Balaban J connectivity index is 2.45. The van der Waals surface area contributed by atoms with E-state index in [1.165, 1.54) is 39.5 Å². The summed E-state index contributed by atoms with van der Waals surface area (Å²) in [5, 5.41) is 0.